The van der Waals surface area contributed by atoms with Gasteiger partial charge in [-0.3, -0.25) is 4.98 Å². The topological polar surface area (TPSA) is 94.7 Å². The maximum Gasteiger partial charge on any atom is 0.228 e. The molecule has 0 saturated carbocycles. The van der Waals surface area contributed by atoms with Gasteiger partial charge in [0, 0.05) is 35.5 Å². The molecule has 6 rings (SSSR count). The SMILES string of the molecule is COc1ccc(C2c3ccc(O)cc3Oc3ncn4nc(-c5ccncc5)nc4c32)cc1. The number of aromatic nitrogens is 5. The summed E-state index contributed by atoms with van der Waals surface area (Å²) in [6.07, 6.45) is 5.01. The number of pyridine rings is 1. The minimum atomic E-state index is -0.217. The Morgan fingerprint density at radius 3 is 2.62 bits per heavy atom. The minimum absolute atomic E-state index is 0.129. The lowest BCUT2D eigenvalue weighted by molar-refractivity contribution is 0.414. The summed E-state index contributed by atoms with van der Waals surface area (Å²) in [5.74, 6) is 2.25. The van der Waals surface area contributed by atoms with Crippen molar-refractivity contribution >= 4 is 5.65 Å². The van der Waals surface area contributed by atoms with Crippen molar-refractivity contribution in [2.75, 3.05) is 7.11 Å². The number of aromatic hydroxyl groups is 1. The zero-order valence-corrected chi connectivity index (χ0v) is 17.0. The zero-order valence-electron chi connectivity index (χ0n) is 17.0. The highest BCUT2D eigenvalue weighted by Crippen LogP contribution is 2.48. The average Bonchev–Trinajstić information content (AvgIpc) is 3.28. The van der Waals surface area contributed by atoms with Crippen molar-refractivity contribution in [2.24, 2.45) is 0 Å². The van der Waals surface area contributed by atoms with Crippen LogP contribution < -0.4 is 9.47 Å². The number of hydrogen-bond donors (Lipinski definition) is 1. The van der Waals surface area contributed by atoms with E-state index in [0.29, 0.717) is 23.1 Å². The molecule has 8 nitrogen and oxygen atoms in total. The molecular weight excluding hydrogens is 406 g/mol. The molecule has 1 atom stereocenters. The molecule has 1 aliphatic heterocycles. The number of fused-ring (bicyclic) bond motifs is 4. The van der Waals surface area contributed by atoms with Crippen LogP contribution in [0.4, 0.5) is 0 Å². The van der Waals surface area contributed by atoms with Crippen LogP contribution in [-0.2, 0) is 0 Å². The number of benzene rings is 2. The summed E-state index contributed by atoms with van der Waals surface area (Å²) in [4.78, 5) is 13.4. The Bertz CT molecular complexity index is 1450. The van der Waals surface area contributed by atoms with Crippen molar-refractivity contribution in [1.82, 2.24) is 24.6 Å². The van der Waals surface area contributed by atoms with Crippen LogP contribution >= 0.6 is 0 Å². The normalized spacial score (nSPS) is 14.5. The third-order valence-corrected chi connectivity index (χ3v) is 5.58. The van der Waals surface area contributed by atoms with Crippen LogP contribution in [0.2, 0.25) is 0 Å². The largest absolute Gasteiger partial charge is 0.508 e. The molecule has 0 radical (unpaired) electrons. The van der Waals surface area contributed by atoms with Gasteiger partial charge in [-0.25, -0.2) is 14.5 Å². The fraction of sp³-hybridized carbons (Fsp3) is 0.0833. The van der Waals surface area contributed by atoms with E-state index in [-0.39, 0.29) is 11.7 Å². The van der Waals surface area contributed by atoms with E-state index in [1.54, 1.807) is 42.5 Å². The van der Waals surface area contributed by atoms with Gasteiger partial charge in [0.2, 0.25) is 5.88 Å². The molecule has 0 fully saturated rings. The number of nitrogens with zero attached hydrogens (tertiary/aromatic N) is 5. The minimum Gasteiger partial charge on any atom is -0.508 e. The second kappa shape index (κ2) is 7.05. The quantitative estimate of drug-likeness (QED) is 0.456. The summed E-state index contributed by atoms with van der Waals surface area (Å²) in [6, 6.07) is 16.7. The van der Waals surface area contributed by atoms with Crippen LogP contribution in [0.25, 0.3) is 17.0 Å². The Morgan fingerprint density at radius 2 is 1.84 bits per heavy atom. The van der Waals surface area contributed by atoms with E-state index < -0.39 is 0 Å². The van der Waals surface area contributed by atoms with E-state index in [2.05, 4.69) is 15.1 Å². The maximum atomic E-state index is 10.0. The Hall–Kier alpha value is -4.46. The van der Waals surface area contributed by atoms with Gasteiger partial charge in [-0.1, -0.05) is 18.2 Å². The molecule has 0 aliphatic carbocycles. The van der Waals surface area contributed by atoms with Crippen LogP contribution in [0, 0.1) is 0 Å². The zero-order chi connectivity index (χ0) is 21.7. The number of methoxy groups -OCH3 is 1. The van der Waals surface area contributed by atoms with Crippen molar-refractivity contribution in [2.45, 2.75) is 5.92 Å². The summed E-state index contributed by atoms with van der Waals surface area (Å²) >= 11 is 0. The van der Waals surface area contributed by atoms with Gasteiger partial charge in [-0.05, 0) is 35.9 Å². The monoisotopic (exact) mass is 423 g/mol. The average molecular weight is 423 g/mol. The van der Waals surface area contributed by atoms with E-state index >= 15 is 0 Å². The number of hydrogen-bond acceptors (Lipinski definition) is 7. The van der Waals surface area contributed by atoms with Gasteiger partial charge in [-0.2, -0.15) is 0 Å². The Labute approximate surface area is 182 Å². The molecule has 1 unspecified atom stereocenters. The summed E-state index contributed by atoms with van der Waals surface area (Å²) in [5.41, 5.74) is 4.25. The number of phenols is 1. The van der Waals surface area contributed by atoms with Crippen molar-refractivity contribution < 1.29 is 14.6 Å². The van der Waals surface area contributed by atoms with Crippen molar-refractivity contribution in [3.8, 4) is 34.5 Å². The molecule has 156 valence electrons. The summed E-state index contributed by atoms with van der Waals surface area (Å²) < 4.78 is 13.1. The molecule has 0 bridgehead atoms. The van der Waals surface area contributed by atoms with Gasteiger partial charge in [0.05, 0.1) is 12.7 Å². The predicted octanol–water partition coefficient (Wildman–Crippen LogP) is 4.19. The molecule has 8 heteroatoms. The highest BCUT2D eigenvalue weighted by atomic mass is 16.5. The summed E-state index contributed by atoms with van der Waals surface area (Å²) in [7, 11) is 1.64. The summed E-state index contributed by atoms with van der Waals surface area (Å²) in [5, 5.41) is 14.6. The van der Waals surface area contributed by atoms with Crippen LogP contribution in [0.5, 0.6) is 23.1 Å². The molecule has 2 aromatic carbocycles. The lowest BCUT2D eigenvalue weighted by atomic mass is 9.84. The molecule has 0 saturated heterocycles. The predicted molar refractivity (Wildman–Crippen MR) is 116 cm³/mol. The Morgan fingerprint density at radius 1 is 1.03 bits per heavy atom. The van der Waals surface area contributed by atoms with Gasteiger partial charge < -0.3 is 14.6 Å². The number of rotatable bonds is 3. The molecule has 3 aromatic heterocycles. The van der Waals surface area contributed by atoms with Crippen LogP contribution in [0.15, 0.2) is 73.3 Å². The fourth-order valence-corrected chi connectivity index (χ4v) is 4.07. The van der Waals surface area contributed by atoms with Crippen LogP contribution in [0.3, 0.4) is 0 Å². The van der Waals surface area contributed by atoms with Crippen molar-refractivity contribution in [3.05, 3.63) is 90.0 Å². The van der Waals surface area contributed by atoms with Gasteiger partial charge in [0.1, 0.15) is 23.6 Å². The van der Waals surface area contributed by atoms with Crippen LogP contribution in [0.1, 0.15) is 22.6 Å². The molecule has 5 aromatic rings. The Balaban J connectivity index is 1.60. The first kappa shape index (κ1) is 18.3. The molecule has 1 aliphatic rings. The first-order valence-electron chi connectivity index (χ1n) is 10.0. The van der Waals surface area contributed by atoms with Crippen LogP contribution in [-0.4, -0.2) is 36.8 Å². The third-order valence-electron chi connectivity index (χ3n) is 5.58. The van der Waals surface area contributed by atoms with E-state index in [0.717, 1.165) is 28.0 Å². The highest BCUT2D eigenvalue weighted by Gasteiger charge is 2.33. The molecule has 0 amide bonds. The van der Waals surface area contributed by atoms with Gasteiger partial charge in [0.25, 0.3) is 0 Å². The Kier molecular flexibility index (Phi) is 4.04. The molecule has 32 heavy (non-hydrogen) atoms. The fourth-order valence-electron chi connectivity index (χ4n) is 4.07. The third kappa shape index (κ3) is 2.84. The lowest BCUT2D eigenvalue weighted by Gasteiger charge is -2.28. The van der Waals surface area contributed by atoms with E-state index in [1.165, 1.54) is 0 Å². The second-order valence-electron chi connectivity index (χ2n) is 7.43. The maximum absolute atomic E-state index is 10.0. The van der Waals surface area contributed by atoms with E-state index in [1.807, 2.05) is 42.5 Å². The van der Waals surface area contributed by atoms with Gasteiger partial charge in [-0.15, -0.1) is 5.10 Å². The van der Waals surface area contributed by atoms with Gasteiger partial charge in [0.15, 0.2) is 11.5 Å². The smallest absolute Gasteiger partial charge is 0.228 e. The molecule has 4 heterocycles. The summed E-state index contributed by atoms with van der Waals surface area (Å²) in [6.45, 7) is 0. The molecule has 0 spiro atoms. The highest BCUT2D eigenvalue weighted by molar-refractivity contribution is 5.68. The first-order chi connectivity index (χ1) is 15.7. The molecule has 1 N–H and O–H groups in total. The van der Waals surface area contributed by atoms with E-state index in [9.17, 15) is 5.11 Å². The second-order valence-corrected chi connectivity index (χ2v) is 7.43. The standard InChI is InChI=1S/C24H17N5O3/c1-31-17-5-2-14(3-6-17)20-18-7-4-16(30)12-19(18)32-24-21(20)23-27-22(28-29(23)13-26-24)15-8-10-25-11-9-15/h2-13,20,30H,1H3. The van der Waals surface area contributed by atoms with Gasteiger partial charge >= 0.3 is 0 Å². The lowest BCUT2D eigenvalue weighted by Crippen LogP contribution is -2.15. The molecular formula is C24H17N5O3. The number of ether oxygens (including phenoxy) is 2. The van der Waals surface area contributed by atoms with Crippen molar-refractivity contribution in [1.29, 1.82) is 0 Å². The van der Waals surface area contributed by atoms with Crippen molar-refractivity contribution in [3.63, 3.8) is 0 Å². The first-order valence-corrected chi connectivity index (χ1v) is 10.0. The van der Waals surface area contributed by atoms with E-state index in [4.69, 9.17) is 14.5 Å². The number of phenolic OH excluding ortho intramolecular Hbond substituents is 1.